The van der Waals surface area contributed by atoms with Crippen molar-refractivity contribution in [2.75, 3.05) is 23.5 Å². The predicted molar refractivity (Wildman–Crippen MR) is 104 cm³/mol. The number of para-hydroxylation sites is 1. The molecule has 0 radical (unpaired) electrons. The lowest BCUT2D eigenvalue weighted by atomic mass is 10.1. The fourth-order valence-electron chi connectivity index (χ4n) is 2.71. The standard InChI is InChI=1S/C18H24ClN3OS/c1-24-13-9-5-3-2-4-8-12-22(18(19)23)17-15-10-6-7-11-16(15)20-14-21-17/h6-7,10-11,14H,2-5,8-9,12-13H2,1H3. The van der Waals surface area contributed by atoms with Gasteiger partial charge in [-0.15, -0.1) is 0 Å². The second kappa shape index (κ2) is 10.5. The first-order chi connectivity index (χ1) is 11.7. The topological polar surface area (TPSA) is 46.1 Å². The van der Waals surface area contributed by atoms with Crippen LogP contribution in [0.5, 0.6) is 0 Å². The zero-order valence-electron chi connectivity index (χ0n) is 14.1. The minimum atomic E-state index is -0.487. The van der Waals surface area contributed by atoms with Gasteiger partial charge in [0.2, 0.25) is 0 Å². The molecule has 4 nitrogen and oxygen atoms in total. The van der Waals surface area contributed by atoms with E-state index in [1.54, 1.807) is 4.90 Å². The number of hydrogen-bond acceptors (Lipinski definition) is 4. The molecular formula is C18H24ClN3OS. The average molecular weight is 366 g/mol. The Bertz CT molecular complexity index is 648. The highest BCUT2D eigenvalue weighted by molar-refractivity contribution is 7.98. The molecule has 0 spiro atoms. The van der Waals surface area contributed by atoms with Crippen molar-refractivity contribution >= 4 is 45.4 Å². The number of carbonyl (C=O) groups is 1. The van der Waals surface area contributed by atoms with Crippen LogP contribution in [-0.4, -0.2) is 33.9 Å². The number of rotatable bonds is 10. The Morgan fingerprint density at radius 2 is 1.79 bits per heavy atom. The van der Waals surface area contributed by atoms with Crippen LogP contribution in [0, 0.1) is 0 Å². The monoisotopic (exact) mass is 365 g/mol. The number of aromatic nitrogens is 2. The summed E-state index contributed by atoms with van der Waals surface area (Å²) in [6.45, 7) is 0.591. The number of unbranched alkanes of at least 4 members (excludes halogenated alkanes) is 5. The zero-order valence-corrected chi connectivity index (χ0v) is 15.7. The molecule has 1 heterocycles. The van der Waals surface area contributed by atoms with Gasteiger partial charge in [-0.2, -0.15) is 11.8 Å². The molecule has 0 bridgehead atoms. The van der Waals surface area contributed by atoms with Gasteiger partial charge in [-0.1, -0.05) is 37.8 Å². The fraction of sp³-hybridized carbons (Fsp3) is 0.500. The van der Waals surface area contributed by atoms with Crippen LogP contribution in [0.1, 0.15) is 38.5 Å². The molecular weight excluding hydrogens is 342 g/mol. The van der Waals surface area contributed by atoms with Gasteiger partial charge in [0.05, 0.1) is 5.52 Å². The Hall–Kier alpha value is -1.33. The zero-order chi connectivity index (χ0) is 17.2. The number of nitrogens with zero attached hydrogens (tertiary/aromatic N) is 3. The van der Waals surface area contributed by atoms with E-state index >= 15 is 0 Å². The van der Waals surface area contributed by atoms with E-state index in [4.69, 9.17) is 11.6 Å². The molecule has 24 heavy (non-hydrogen) atoms. The van der Waals surface area contributed by atoms with E-state index < -0.39 is 5.37 Å². The van der Waals surface area contributed by atoms with Gasteiger partial charge >= 0.3 is 5.37 Å². The molecule has 0 saturated carbocycles. The molecule has 2 rings (SSSR count). The molecule has 0 aliphatic carbocycles. The number of benzene rings is 1. The fourth-order valence-corrected chi connectivity index (χ4v) is 3.36. The van der Waals surface area contributed by atoms with Gasteiger partial charge in [0, 0.05) is 11.9 Å². The summed E-state index contributed by atoms with van der Waals surface area (Å²) in [6, 6.07) is 7.67. The molecule has 0 saturated heterocycles. The molecule has 0 aliphatic heterocycles. The second-order valence-corrected chi connectivity index (χ2v) is 7.04. The van der Waals surface area contributed by atoms with Gasteiger partial charge in [0.25, 0.3) is 0 Å². The van der Waals surface area contributed by atoms with Crippen molar-refractivity contribution in [1.29, 1.82) is 0 Å². The van der Waals surface area contributed by atoms with Gasteiger partial charge in [-0.05, 0) is 48.6 Å². The van der Waals surface area contributed by atoms with E-state index in [1.807, 2.05) is 36.0 Å². The third-order valence-electron chi connectivity index (χ3n) is 3.97. The summed E-state index contributed by atoms with van der Waals surface area (Å²) in [5, 5.41) is 0.366. The summed E-state index contributed by atoms with van der Waals surface area (Å²) in [7, 11) is 0. The summed E-state index contributed by atoms with van der Waals surface area (Å²) >= 11 is 7.70. The molecule has 1 aromatic carbocycles. The van der Waals surface area contributed by atoms with E-state index in [1.165, 1.54) is 37.8 Å². The van der Waals surface area contributed by atoms with E-state index in [-0.39, 0.29) is 0 Å². The summed E-state index contributed by atoms with van der Waals surface area (Å²) in [5.41, 5.74) is 0.819. The number of fused-ring (bicyclic) bond motifs is 1. The molecule has 0 atom stereocenters. The van der Waals surface area contributed by atoms with Gasteiger partial charge in [0.15, 0.2) is 0 Å². The Labute approximate surface area is 153 Å². The van der Waals surface area contributed by atoms with Crippen LogP contribution in [-0.2, 0) is 0 Å². The Morgan fingerprint density at radius 3 is 2.54 bits per heavy atom. The molecule has 6 heteroatoms. The smallest absolute Gasteiger partial charge is 0.282 e. The van der Waals surface area contributed by atoms with Crippen molar-refractivity contribution in [3.63, 3.8) is 0 Å². The van der Waals surface area contributed by atoms with Crippen molar-refractivity contribution in [3.05, 3.63) is 30.6 Å². The SMILES string of the molecule is CSCCCCCCCCN(C(=O)Cl)c1ncnc2ccccc12. The van der Waals surface area contributed by atoms with Crippen molar-refractivity contribution in [1.82, 2.24) is 9.97 Å². The van der Waals surface area contributed by atoms with E-state index in [0.717, 1.165) is 23.7 Å². The van der Waals surface area contributed by atoms with Crippen LogP contribution in [0.3, 0.4) is 0 Å². The molecule has 0 aliphatic rings. The van der Waals surface area contributed by atoms with Crippen LogP contribution >= 0.6 is 23.4 Å². The lowest BCUT2D eigenvalue weighted by Crippen LogP contribution is -2.28. The Morgan fingerprint density at radius 1 is 1.08 bits per heavy atom. The first-order valence-corrected chi connectivity index (χ1v) is 10.2. The normalized spacial score (nSPS) is 10.9. The Kier molecular flexibility index (Phi) is 8.33. The first-order valence-electron chi connectivity index (χ1n) is 8.39. The minimum absolute atomic E-state index is 0.487. The number of hydrogen-bond donors (Lipinski definition) is 0. The largest absolute Gasteiger partial charge is 0.322 e. The Balaban J connectivity index is 1.89. The third-order valence-corrected chi connectivity index (χ3v) is 4.87. The lowest BCUT2D eigenvalue weighted by molar-refractivity contribution is 0.264. The highest BCUT2D eigenvalue weighted by Gasteiger charge is 2.17. The summed E-state index contributed by atoms with van der Waals surface area (Å²) < 4.78 is 0. The van der Waals surface area contributed by atoms with E-state index in [0.29, 0.717) is 12.4 Å². The van der Waals surface area contributed by atoms with Crippen LogP contribution in [0.4, 0.5) is 10.6 Å². The highest BCUT2D eigenvalue weighted by Crippen LogP contribution is 2.24. The van der Waals surface area contributed by atoms with E-state index in [2.05, 4.69) is 16.2 Å². The third kappa shape index (κ3) is 5.64. The van der Waals surface area contributed by atoms with Gasteiger partial charge in [0.1, 0.15) is 12.1 Å². The summed E-state index contributed by atoms with van der Waals surface area (Å²) in [6.07, 6.45) is 10.7. The van der Waals surface area contributed by atoms with Gasteiger partial charge < -0.3 is 0 Å². The molecule has 2 aromatic rings. The van der Waals surface area contributed by atoms with Crippen molar-refractivity contribution in [3.8, 4) is 0 Å². The maximum atomic E-state index is 11.9. The second-order valence-electron chi connectivity index (χ2n) is 5.73. The number of thioether (sulfide) groups is 1. The van der Waals surface area contributed by atoms with Crippen LogP contribution < -0.4 is 4.90 Å². The van der Waals surface area contributed by atoms with Crippen LogP contribution in [0.15, 0.2) is 30.6 Å². The quantitative estimate of drug-likeness (QED) is 0.317. The van der Waals surface area contributed by atoms with E-state index in [9.17, 15) is 4.79 Å². The molecule has 1 amide bonds. The molecule has 0 N–H and O–H groups in total. The van der Waals surface area contributed by atoms with Crippen LogP contribution in [0.25, 0.3) is 10.9 Å². The molecule has 1 aromatic heterocycles. The lowest BCUT2D eigenvalue weighted by Gasteiger charge is -2.20. The highest BCUT2D eigenvalue weighted by atomic mass is 35.5. The number of amides is 1. The molecule has 0 unspecified atom stereocenters. The van der Waals surface area contributed by atoms with Gasteiger partial charge in [-0.3, -0.25) is 9.69 Å². The van der Waals surface area contributed by atoms with Crippen LogP contribution in [0.2, 0.25) is 0 Å². The van der Waals surface area contributed by atoms with Crippen molar-refractivity contribution in [2.45, 2.75) is 38.5 Å². The number of anilines is 1. The summed E-state index contributed by atoms with van der Waals surface area (Å²) in [5.74, 6) is 1.84. The van der Waals surface area contributed by atoms with Crippen molar-refractivity contribution in [2.24, 2.45) is 0 Å². The first kappa shape index (κ1) is 19.0. The summed E-state index contributed by atoms with van der Waals surface area (Å²) in [4.78, 5) is 21.9. The van der Waals surface area contributed by atoms with Crippen molar-refractivity contribution < 1.29 is 4.79 Å². The maximum absolute atomic E-state index is 11.9. The molecule has 0 fully saturated rings. The molecule has 130 valence electrons. The number of halogens is 1. The predicted octanol–water partition coefficient (Wildman–Crippen LogP) is 5.50. The maximum Gasteiger partial charge on any atom is 0.322 e. The number of carbonyl (C=O) groups excluding carboxylic acids is 1. The average Bonchev–Trinajstić information content (AvgIpc) is 2.60. The minimum Gasteiger partial charge on any atom is -0.282 e. The van der Waals surface area contributed by atoms with Gasteiger partial charge in [-0.25, -0.2) is 9.97 Å².